The van der Waals surface area contributed by atoms with E-state index < -0.39 is 11.6 Å². The molecule has 0 amide bonds. The molecule has 0 unspecified atom stereocenters. The third-order valence-electron chi connectivity index (χ3n) is 2.08. The molecule has 0 bridgehead atoms. The molecule has 0 radical (unpaired) electrons. The molecule has 15 heavy (non-hydrogen) atoms. The minimum atomic E-state index is -0.483. The minimum absolute atomic E-state index is 0.0771. The van der Waals surface area contributed by atoms with Crippen LogP contribution >= 0.6 is 11.6 Å². The summed E-state index contributed by atoms with van der Waals surface area (Å²) in [7, 11) is 1.30. The molecule has 2 rings (SSSR count). The third-order valence-corrected chi connectivity index (χ3v) is 2.42. The monoisotopic (exact) mass is 223 g/mol. The number of Topliss-reactive ketones (excluding diaryl/α,β-unsaturated/α-hetero) is 2. The van der Waals surface area contributed by atoms with Gasteiger partial charge >= 0.3 is 0 Å². The summed E-state index contributed by atoms with van der Waals surface area (Å²) in [6, 6.07) is 3.10. The lowest BCUT2D eigenvalue weighted by Crippen LogP contribution is -2.22. The number of allylic oxidation sites excluding steroid dienone is 2. The Balaban J connectivity index is 2.68. The second-order valence-corrected chi connectivity index (χ2v) is 3.28. The number of halogens is 1. The molecule has 1 aromatic rings. The molecule has 1 heterocycles. The van der Waals surface area contributed by atoms with Gasteiger partial charge in [-0.15, -0.1) is 0 Å². The summed E-state index contributed by atoms with van der Waals surface area (Å²) >= 11 is 5.70. The van der Waals surface area contributed by atoms with Gasteiger partial charge in [-0.05, 0) is 12.1 Å². The summed E-state index contributed by atoms with van der Waals surface area (Å²) in [6.45, 7) is 0. The molecule has 0 aliphatic heterocycles. The van der Waals surface area contributed by atoms with Gasteiger partial charge in [0, 0.05) is 6.20 Å². The van der Waals surface area contributed by atoms with Crippen molar-refractivity contribution in [3.05, 3.63) is 40.4 Å². The summed E-state index contributed by atoms with van der Waals surface area (Å²) in [5.41, 5.74) is 0.303. The maximum atomic E-state index is 11.7. The highest BCUT2D eigenvalue weighted by atomic mass is 35.5. The number of nitrogens with zero attached hydrogens (tertiary/aromatic N) is 1. The fraction of sp³-hybridized carbons (Fsp3) is 0.100. The number of aromatic nitrogens is 1. The first-order valence-electron chi connectivity index (χ1n) is 4.15. The highest BCUT2D eigenvalue weighted by Gasteiger charge is 2.33. The quantitative estimate of drug-likeness (QED) is 0.725. The lowest BCUT2D eigenvalue weighted by Gasteiger charge is -2.14. The molecule has 5 heteroatoms. The normalized spacial score (nSPS) is 15.3. The number of carbonyl (C=O) groups is 2. The van der Waals surface area contributed by atoms with E-state index in [4.69, 9.17) is 16.3 Å². The Morgan fingerprint density at radius 2 is 2.07 bits per heavy atom. The first kappa shape index (κ1) is 9.86. The summed E-state index contributed by atoms with van der Waals surface area (Å²) in [6.07, 6.45) is 1.44. The van der Waals surface area contributed by atoms with E-state index >= 15 is 0 Å². The molecule has 0 fully saturated rings. The summed E-state index contributed by atoms with van der Waals surface area (Å²) in [5, 5.41) is -0.214. The Hall–Kier alpha value is -1.68. The molecule has 0 aromatic carbocycles. The molecule has 1 aliphatic carbocycles. The van der Waals surface area contributed by atoms with Crippen LogP contribution in [0.4, 0.5) is 0 Å². The van der Waals surface area contributed by atoms with Crippen LogP contribution in [0.25, 0.3) is 0 Å². The van der Waals surface area contributed by atoms with E-state index in [2.05, 4.69) is 4.98 Å². The Morgan fingerprint density at radius 1 is 1.33 bits per heavy atom. The molecular formula is C10H6ClNO3. The topological polar surface area (TPSA) is 56.3 Å². The van der Waals surface area contributed by atoms with Crippen molar-refractivity contribution in [1.29, 1.82) is 0 Å². The number of hydrogen-bond donors (Lipinski definition) is 0. The lowest BCUT2D eigenvalue weighted by molar-refractivity contribution is 0.0910. The summed E-state index contributed by atoms with van der Waals surface area (Å²) in [4.78, 5) is 27.2. The van der Waals surface area contributed by atoms with Crippen LogP contribution in [0, 0.1) is 0 Å². The number of rotatable bonds is 1. The average Bonchev–Trinajstić information content (AvgIpc) is 2.27. The van der Waals surface area contributed by atoms with Crippen LogP contribution in [0.3, 0.4) is 0 Å². The van der Waals surface area contributed by atoms with Crippen LogP contribution < -0.4 is 0 Å². The van der Waals surface area contributed by atoms with Crippen molar-refractivity contribution in [1.82, 2.24) is 4.98 Å². The number of pyridine rings is 1. The van der Waals surface area contributed by atoms with Crippen molar-refractivity contribution in [3.8, 4) is 0 Å². The maximum Gasteiger partial charge on any atom is 0.231 e. The van der Waals surface area contributed by atoms with Crippen molar-refractivity contribution in [2.45, 2.75) is 0 Å². The van der Waals surface area contributed by atoms with Gasteiger partial charge in [0.1, 0.15) is 10.7 Å². The summed E-state index contributed by atoms with van der Waals surface area (Å²) < 4.78 is 4.79. The second kappa shape index (κ2) is 3.47. The van der Waals surface area contributed by atoms with Gasteiger partial charge in [-0.1, -0.05) is 11.6 Å². The molecule has 0 saturated carbocycles. The highest BCUT2D eigenvalue weighted by molar-refractivity contribution is 6.49. The van der Waals surface area contributed by atoms with E-state index in [-0.39, 0.29) is 22.0 Å². The van der Waals surface area contributed by atoms with Crippen molar-refractivity contribution in [2.24, 2.45) is 0 Å². The van der Waals surface area contributed by atoms with Crippen molar-refractivity contribution in [3.63, 3.8) is 0 Å². The molecule has 76 valence electrons. The fourth-order valence-corrected chi connectivity index (χ4v) is 1.63. The zero-order valence-electron chi connectivity index (χ0n) is 7.78. The average molecular weight is 224 g/mol. The standard InChI is InChI=1S/C10H6ClNO3/c1-15-10-6(11)9(14)7-5(8(10)13)3-2-4-12-7/h2-4H,1H3. The second-order valence-electron chi connectivity index (χ2n) is 2.91. The van der Waals surface area contributed by atoms with Crippen molar-refractivity contribution >= 4 is 23.2 Å². The first-order valence-corrected chi connectivity index (χ1v) is 4.52. The summed E-state index contributed by atoms with van der Waals surface area (Å²) in [5.74, 6) is -1.02. The van der Waals surface area contributed by atoms with Crippen LogP contribution in [0.15, 0.2) is 29.1 Å². The van der Waals surface area contributed by atoms with Gasteiger partial charge in [-0.2, -0.15) is 0 Å². The van der Waals surface area contributed by atoms with E-state index in [0.29, 0.717) is 0 Å². The zero-order valence-corrected chi connectivity index (χ0v) is 8.54. The SMILES string of the molecule is COC1=C(Cl)C(=O)c2ncccc2C1=O. The molecule has 1 aliphatic rings. The van der Waals surface area contributed by atoms with Crippen LogP contribution in [0.5, 0.6) is 0 Å². The van der Waals surface area contributed by atoms with E-state index in [1.54, 1.807) is 6.07 Å². The number of carbonyl (C=O) groups excluding carboxylic acids is 2. The van der Waals surface area contributed by atoms with Gasteiger partial charge in [0.2, 0.25) is 11.6 Å². The van der Waals surface area contributed by atoms with Crippen LogP contribution in [0.2, 0.25) is 0 Å². The number of ketones is 2. The van der Waals surface area contributed by atoms with Gasteiger partial charge in [-0.25, -0.2) is 0 Å². The molecule has 0 spiro atoms. The fourth-order valence-electron chi connectivity index (χ4n) is 1.38. The number of ether oxygens (including phenoxy) is 1. The lowest BCUT2D eigenvalue weighted by atomic mass is 9.98. The number of methoxy groups -OCH3 is 1. The Labute approximate surface area is 90.5 Å². The zero-order chi connectivity index (χ0) is 11.0. The van der Waals surface area contributed by atoms with Gasteiger partial charge in [0.15, 0.2) is 5.76 Å². The third kappa shape index (κ3) is 1.34. The van der Waals surface area contributed by atoms with E-state index in [9.17, 15) is 9.59 Å². The van der Waals surface area contributed by atoms with Crippen molar-refractivity contribution < 1.29 is 14.3 Å². The molecule has 0 saturated heterocycles. The van der Waals surface area contributed by atoms with Crippen LogP contribution in [0.1, 0.15) is 20.8 Å². The smallest absolute Gasteiger partial charge is 0.231 e. The largest absolute Gasteiger partial charge is 0.491 e. The van der Waals surface area contributed by atoms with E-state index in [1.165, 1.54) is 19.4 Å². The predicted molar refractivity (Wildman–Crippen MR) is 52.8 cm³/mol. The van der Waals surface area contributed by atoms with Gasteiger partial charge in [0.05, 0.1) is 12.7 Å². The van der Waals surface area contributed by atoms with Gasteiger partial charge < -0.3 is 4.74 Å². The maximum absolute atomic E-state index is 11.7. The van der Waals surface area contributed by atoms with Crippen LogP contribution in [-0.4, -0.2) is 23.7 Å². The predicted octanol–water partition coefficient (Wildman–Crippen LogP) is 1.56. The molecule has 0 atom stereocenters. The molecule has 4 nitrogen and oxygen atoms in total. The van der Waals surface area contributed by atoms with E-state index in [1.807, 2.05) is 0 Å². The van der Waals surface area contributed by atoms with Crippen LogP contribution in [-0.2, 0) is 4.74 Å². The van der Waals surface area contributed by atoms with Crippen molar-refractivity contribution in [2.75, 3.05) is 7.11 Å². The first-order chi connectivity index (χ1) is 7.16. The van der Waals surface area contributed by atoms with Gasteiger partial charge in [-0.3, -0.25) is 14.6 Å². The molecule has 1 aromatic heterocycles. The van der Waals surface area contributed by atoms with Gasteiger partial charge in [0.25, 0.3) is 0 Å². The Kier molecular flexibility index (Phi) is 2.28. The highest BCUT2D eigenvalue weighted by Crippen LogP contribution is 2.27. The van der Waals surface area contributed by atoms with E-state index in [0.717, 1.165) is 0 Å². The molecule has 0 N–H and O–H groups in total. The Morgan fingerprint density at radius 3 is 2.73 bits per heavy atom. The minimum Gasteiger partial charge on any atom is -0.491 e. The molecular weight excluding hydrogens is 218 g/mol. The number of fused-ring (bicyclic) bond motifs is 1. The number of hydrogen-bond acceptors (Lipinski definition) is 4. The Bertz CT molecular complexity index is 493.